The summed E-state index contributed by atoms with van der Waals surface area (Å²) in [5, 5.41) is 7.14. The molecule has 4 fully saturated rings. The Morgan fingerprint density at radius 2 is 1.76 bits per heavy atom. The standard InChI is InChI=1S/C25H45N5O2.HI/c1-2-26-24(28-22-10-13-30(18-22)23(31)21-8-4-5-9-21)27-19-25(11-6-3-7-12-25)20-29-14-16-32-17-15-29;/h21-22H,2-20H2,1H3,(H2,26,27,28);1H. The molecule has 4 aliphatic rings. The van der Waals surface area contributed by atoms with Gasteiger partial charge in [0.2, 0.25) is 5.91 Å². The van der Waals surface area contributed by atoms with Gasteiger partial charge in [0.05, 0.1) is 13.2 Å². The van der Waals surface area contributed by atoms with Gasteiger partial charge in [-0.05, 0) is 39.0 Å². The summed E-state index contributed by atoms with van der Waals surface area (Å²) in [6, 6.07) is 0.305. The van der Waals surface area contributed by atoms with Crippen molar-refractivity contribution in [3.05, 3.63) is 0 Å². The fourth-order valence-electron chi connectivity index (χ4n) is 6.17. The zero-order valence-corrected chi connectivity index (χ0v) is 23.0. The molecular weight excluding hydrogens is 529 g/mol. The lowest BCUT2D eigenvalue weighted by Crippen LogP contribution is -2.48. The molecule has 1 unspecified atom stereocenters. The quantitative estimate of drug-likeness (QED) is 0.277. The number of amides is 1. The van der Waals surface area contributed by atoms with Crippen LogP contribution in [-0.4, -0.2) is 86.7 Å². The summed E-state index contributed by atoms with van der Waals surface area (Å²) in [6.07, 6.45) is 12.2. The van der Waals surface area contributed by atoms with Crippen LogP contribution in [-0.2, 0) is 9.53 Å². The minimum atomic E-state index is 0. The fraction of sp³-hybridized carbons (Fsp3) is 0.920. The van der Waals surface area contributed by atoms with Crippen molar-refractivity contribution in [2.24, 2.45) is 16.3 Å². The van der Waals surface area contributed by atoms with Crippen molar-refractivity contribution >= 4 is 35.8 Å². The van der Waals surface area contributed by atoms with Crippen LogP contribution in [0.5, 0.6) is 0 Å². The third-order valence-corrected chi connectivity index (χ3v) is 8.04. The van der Waals surface area contributed by atoms with Crippen molar-refractivity contribution in [1.29, 1.82) is 0 Å². The van der Waals surface area contributed by atoms with E-state index in [1.807, 2.05) is 0 Å². The molecule has 1 atom stereocenters. The predicted molar refractivity (Wildman–Crippen MR) is 144 cm³/mol. The minimum absolute atomic E-state index is 0. The molecule has 2 aliphatic carbocycles. The molecule has 0 aromatic rings. The number of rotatable bonds is 7. The Balaban J connectivity index is 0.00000306. The molecule has 4 rings (SSSR count). The van der Waals surface area contributed by atoms with Crippen LogP contribution < -0.4 is 10.6 Å². The van der Waals surface area contributed by atoms with Gasteiger partial charge in [0.1, 0.15) is 0 Å². The van der Waals surface area contributed by atoms with E-state index in [2.05, 4.69) is 27.4 Å². The number of hydrogen-bond donors (Lipinski definition) is 2. The third kappa shape index (κ3) is 7.69. The van der Waals surface area contributed by atoms with Gasteiger partial charge in [0.15, 0.2) is 5.96 Å². The largest absolute Gasteiger partial charge is 0.379 e. The lowest BCUT2D eigenvalue weighted by atomic mass is 9.73. The Morgan fingerprint density at radius 1 is 1.03 bits per heavy atom. The number of guanidine groups is 1. The summed E-state index contributed by atoms with van der Waals surface area (Å²) < 4.78 is 5.57. The van der Waals surface area contributed by atoms with Crippen LogP contribution in [0.15, 0.2) is 4.99 Å². The Kier molecular flexibility index (Phi) is 11.0. The van der Waals surface area contributed by atoms with Crippen molar-refractivity contribution in [2.45, 2.75) is 77.2 Å². The second-order valence-electron chi connectivity index (χ2n) is 10.5. The van der Waals surface area contributed by atoms with E-state index in [9.17, 15) is 4.79 Å². The lowest BCUT2D eigenvalue weighted by molar-refractivity contribution is -0.134. The first-order valence-electron chi connectivity index (χ1n) is 13.3. The van der Waals surface area contributed by atoms with Crippen molar-refractivity contribution < 1.29 is 9.53 Å². The highest BCUT2D eigenvalue weighted by Gasteiger charge is 2.35. The van der Waals surface area contributed by atoms with Gasteiger partial charge in [-0.3, -0.25) is 14.7 Å². The average molecular weight is 576 g/mol. The van der Waals surface area contributed by atoms with E-state index in [-0.39, 0.29) is 35.3 Å². The summed E-state index contributed by atoms with van der Waals surface area (Å²) in [5.74, 6) is 1.60. The number of morpholine rings is 1. The van der Waals surface area contributed by atoms with Gasteiger partial charge in [0.25, 0.3) is 0 Å². The zero-order chi connectivity index (χ0) is 22.2. The molecule has 8 heteroatoms. The molecule has 2 saturated heterocycles. The van der Waals surface area contributed by atoms with E-state index in [0.29, 0.717) is 11.9 Å². The number of carbonyl (C=O) groups excluding carboxylic acids is 1. The molecule has 0 spiro atoms. The topological polar surface area (TPSA) is 69.2 Å². The van der Waals surface area contributed by atoms with Gasteiger partial charge in [-0.15, -0.1) is 24.0 Å². The van der Waals surface area contributed by atoms with Gasteiger partial charge in [-0.1, -0.05) is 32.1 Å². The summed E-state index contributed by atoms with van der Waals surface area (Å²) in [5.41, 5.74) is 0.290. The predicted octanol–water partition coefficient (Wildman–Crippen LogP) is 3.23. The minimum Gasteiger partial charge on any atom is -0.379 e. The maximum absolute atomic E-state index is 12.8. The number of likely N-dealkylation sites (tertiary alicyclic amines) is 1. The molecule has 2 heterocycles. The van der Waals surface area contributed by atoms with Crippen LogP contribution >= 0.6 is 24.0 Å². The molecule has 0 radical (unpaired) electrons. The van der Waals surface area contributed by atoms with E-state index in [4.69, 9.17) is 9.73 Å². The van der Waals surface area contributed by atoms with Gasteiger partial charge < -0.3 is 20.3 Å². The number of nitrogens with one attached hydrogen (secondary N) is 2. The molecule has 2 aliphatic heterocycles. The maximum Gasteiger partial charge on any atom is 0.225 e. The van der Waals surface area contributed by atoms with E-state index in [1.165, 1.54) is 44.9 Å². The van der Waals surface area contributed by atoms with Crippen molar-refractivity contribution in [1.82, 2.24) is 20.4 Å². The van der Waals surface area contributed by atoms with E-state index < -0.39 is 0 Å². The lowest BCUT2D eigenvalue weighted by Gasteiger charge is -2.41. The Bertz CT molecular complexity index is 628. The molecule has 0 aromatic carbocycles. The number of hydrogen-bond acceptors (Lipinski definition) is 4. The highest BCUT2D eigenvalue weighted by atomic mass is 127. The van der Waals surface area contributed by atoms with E-state index >= 15 is 0 Å². The highest BCUT2D eigenvalue weighted by Crippen LogP contribution is 2.37. The Labute approximate surface area is 217 Å². The summed E-state index contributed by atoms with van der Waals surface area (Å²) in [7, 11) is 0. The Morgan fingerprint density at radius 3 is 2.45 bits per heavy atom. The molecule has 0 aromatic heterocycles. The summed E-state index contributed by atoms with van der Waals surface area (Å²) in [6.45, 7) is 10.6. The fourth-order valence-corrected chi connectivity index (χ4v) is 6.17. The Hall–Kier alpha value is -0.610. The molecule has 7 nitrogen and oxygen atoms in total. The third-order valence-electron chi connectivity index (χ3n) is 8.04. The molecular formula is C25H46IN5O2. The van der Waals surface area contributed by atoms with Gasteiger partial charge in [-0.2, -0.15) is 0 Å². The number of nitrogens with zero attached hydrogens (tertiary/aromatic N) is 3. The number of aliphatic imine (C=N–C) groups is 1. The number of carbonyl (C=O) groups is 1. The molecule has 190 valence electrons. The normalized spacial score (nSPS) is 26.8. The highest BCUT2D eigenvalue weighted by molar-refractivity contribution is 14.0. The van der Waals surface area contributed by atoms with Crippen LogP contribution in [0.1, 0.15) is 71.1 Å². The smallest absolute Gasteiger partial charge is 0.225 e. The first-order valence-corrected chi connectivity index (χ1v) is 13.3. The number of ether oxygens (including phenoxy) is 1. The van der Waals surface area contributed by atoms with Crippen molar-refractivity contribution in [3.63, 3.8) is 0 Å². The van der Waals surface area contributed by atoms with E-state index in [0.717, 1.165) is 84.2 Å². The maximum atomic E-state index is 12.8. The molecule has 2 N–H and O–H groups in total. The van der Waals surface area contributed by atoms with Crippen molar-refractivity contribution in [2.75, 3.05) is 59.0 Å². The monoisotopic (exact) mass is 575 g/mol. The second kappa shape index (κ2) is 13.5. The first kappa shape index (κ1) is 27.0. The summed E-state index contributed by atoms with van der Waals surface area (Å²) >= 11 is 0. The molecule has 1 amide bonds. The van der Waals surface area contributed by atoms with Gasteiger partial charge >= 0.3 is 0 Å². The van der Waals surface area contributed by atoms with E-state index in [1.54, 1.807) is 0 Å². The van der Waals surface area contributed by atoms with Gasteiger partial charge in [0, 0.05) is 63.2 Å². The molecule has 33 heavy (non-hydrogen) atoms. The zero-order valence-electron chi connectivity index (χ0n) is 20.7. The number of halogens is 1. The van der Waals surface area contributed by atoms with Crippen LogP contribution in [0.4, 0.5) is 0 Å². The molecule has 0 bridgehead atoms. The SMILES string of the molecule is CCNC(=NCC1(CN2CCOCC2)CCCCC1)NC1CCN(C(=O)C2CCCC2)C1.I. The van der Waals surface area contributed by atoms with Crippen LogP contribution in [0.2, 0.25) is 0 Å². The van der Waals surface area contributed by atoms with Crippen LogP contribution in [0, 0.1) is 11.3 Å². The molecule has 2 saturated carbocycles. The average Bonchev–Trinajstić information content (AvgIpc) is 3.51. The summed E-state index contributed by atoms with van der Waals surface area (Å²) in [4.78, 5) is 22.6. The van der Waals surface area contributed by atoms with Gasteiger partial charge in [-0.25, -0.2) is 0 Å². The van der Waals surface area contributed by atoms with Crippen LogP contribution in [0.3, 0.4) is 0 Å². The first-order chi connectivity index (χ1) is 15.7. The van der Waals surface area contributed by atoms with Crippen LogP contribution in [0.25, 0.3) is 0 Å². The van der Waals surface area contributed by atoms with Crippen molar-refractivity contribution in [3.8, 4) is 0 Å². The second-order valence-corrected chi connectivity index (χ2v) is 10.5.